The fraction of sp³-hybridized carbons (Fsp3) is 0.286. The van der Waals surface area contributed by atoms with Crippen LogP contribution >= 0.6 is 0 Å². The van der Waals surface area contributed by atoms with E-state index in [-0.39, 0.29) is 5.82 Å². The molecule has 0 radical (unpaired) electrons. The van der Waals surface area contributed by atoms with Crippen LogP contribution in [0, 0.1) is 5.82 Å². The lowest BCUT2D eigenvalue weighted by molar-refractivity contribution is -0.193. The smallest absolute Gasteiger partial charge is 0.475 e. The fourth-order valence-electron chi connectivity index (χ4n) is 3.86. The predicted molar refractivity (Wildman–Crippen MR) is 151 cm³/mol. The molecule has 50 heavy (non-hydrogen) atoms. The third-order valence-electron chi connectivity index (χ3n) is 6.06. The number of hydrogen-bond acceptors (Lipinski definition) is 8. The zero-order chi connectivity index (χ0) is 37.9. The molecule has 0 unspecified atom stereocenters. The molecule has 0 aliphatic carbocycles. The normalized spacial score (nSPS) is 13.5. The van der Waals surface area contributed by atoms with E-state index in [2.05, 4.69) is 30.8 Å². The van der Waals surface area contributed by atoms with Crippen LogP contribution in [0.1, 0.15) is 5.56 Å². The maximum atomic E-state index is 13.7. The van der Waals surface area contributed by atoms with Crippen LogP contribution in [0.15, 0.2) is 67.4 Å². The van der Waals surface area contributed by atoms with Gasteiger partial charge in [-0.15, -0.1) is 0 Å². The second-order valence-corrected chi connectivity index (χ2v) is 9.63. The molecule has 1 aliphatic heterocycles. The van der Waals surface area contributed by atoms with E-state index in [0.717, 1.165) is 55.4 Å². The number of piperazine rings is 1. The Morgan fingerprint density at radius 1 is 0.720 bits per heavy atom. The predicted octanol–water partition coefficient (Wildman–Crippen LogP) is 5.15. The van der Waals surface area contributed by atoms with Crippen LogP contribution < -0.4 is 4.90 Å². The molecule has 1 saturated heterocycles. The highest BCUT2D eigenvalue weighted by Crippen LogP contribution is 2.26. The molecule has 4 heterocycles. The average molecular weight is 731 g/mol. The monoisotopic (exact) mass is 730 g/mol. The minimum Gasteiger partial charge on any atom is -0.475 e. The number of hydrogen-bond donors (Lipinski definition) is 3. The van der Waals surface area contributed by atoms with Gasteiger partial charge in [0.1, 0.15) is 5.82 Å². The van der Waals surface area contributed by atoms with E-state index in [1.807, 2.05) is 28.9 Å². The van der Waals surface area contributed by atoms with Crippen molar-refractivity contribution >= 4 is 29.4 Å². The second kappa shape index (κ2) is 17.2. The molecule has 0 saturated carbocycles. The van der Waals surface area contributed by atoms with Crippen molar-refractivity contribution in [3.05, 3.63) is 78.8 Å². The number of alkyl halides is 9. The fourth-order valence-corrected chi connectivity index (χ4v) is 3.86. The highest BCUT2D eigenvalue weighted by atomic mass is 19.4. The number of anilines is 1. The minimum absolute atomic E-state index is 0.253. The first kappa shape index (κ1) is 40.6. The van der Waals surface area contributed by atoms with E-state index in [1.165, 1.54) is 17.7 Å². The number of halogens is 10. The van der Waals surface area contributed by atoms with E-state index in [0.29, 0.717) is 0 Å². The summed E-state index contributed by atoms with van der Waals surface area (Å²) < 4.78 is 111. The van der Waals surface area contributed by atoms with Gasteiger partial charge in [-0.05, 0) is 23.8 Å². The van der Waals surface area contributed by atoms with Gasteiger partial charge in [-0.1, -0.05) is 18.2 Å². The van der Waals surface area contributed by atoms with Crippen LogP contribution in [-0.4, -0.2) is 102 Å². The van der Waals surface area contributed by atoms with Crippen molar-refractivity contribution in [3.63, 3.8) is 0 Å². The van der Waals surface area contributed by atoms with Crippen molar-refractivity contribution in [2.75, 3.05) is 31.1 Å². The molecule has 5 rings (SSSR count). The summed E-state index contributed by atoms with van der Waals surface area (Å²) in [7, 11) is 0. The number of rotatable bonds is 4. The summed E-state index contributed by atoms with van der Waals surface area (Å²) in [5, 5.41) is 21.4. The van der Waals surface area contributed by atoms with E-state index in [9.17, 15) is 43.9 Å². The number of carboxylic acids is 3. The third-order valence-corrected chi connectivity index (χ3v) is 6.06. The number of aromatic nitrogens is 4. The average Bonchev–Trinajstić information content (AvgIpc) is 3.46. The quantitative estimate of drug-likeness (QED) is 0.238. The van der Waals surface area contributed by atoms with E-state index >= 15 is 0 Å². The summed E-state index contributed by atoms with van der Waals surface area (Å²) in [5.74, 6) is -7.65. The molecule has 0 spiro atoms. The van der Waals surface area contributed by atoms with Crippen molar-refractivity contribution in [1.29, 1.82) is 0 Å². The number of nitrogens with zero attached hydrogens (tertiary/aromatic N) is 6. The molecule has 1 aromatic carbocycles. The molecule has 4 aromatic rings. The zero-order valence-electron chi connectivity index (χ0n) is 24.9. The summed E-state index contributed by atoms with van der Waals surface area (Å²) in [5.41, 5.74) is 3.69. The van der Waals surface area contributed by atoms with Gasteiger partial charge in [0.2, 0.25) is 0 Å². The summed E-state index contributed by atoms with van der Waals surface area (Å²) in [4.78, 5) is 44.8. The van der Waals surface area contributed by atoms with Crippen LogP contribution in [0.3, 0.4) is 0 Å². The number of carboxylic acid groups (broad SMARTS) is 3. The van der Waals surface area contributed by atoms with Gasteiger partial charge in [-0.2, -0.15) is 39.5 Å². The SMILES string of the molecule is Fc1cccc(-c2cnc3c(N4CCN(Cc5cccnc5)CC4)nccn23)c1.O=C(O)C(F)(F)F.O=C(O)C(F)(F)F.O=C(O)C(F)(F)F. The number of aliphatic carboxylic acids is 3. The van der Waals surface area contributed by atoms with Crippen LogP contribution in [0.2, 0.25) is 0 Å². The molecule has 3 N–H and O–H groups in total. The van der Waals surface area contributed by atoms with Gasteiger partial charge < -0.3 is 20.2 Å². The molecular formula is C28H24F10N6O6. The summed E-state index contributed by atoms with van der Waals surface area (Å²) in [6.07, 6.45) is -6.07. The molecule has 1 fully saturated rings. The van der Waals surface area contributed by atoms with Crippen molar-refractivity contribution < 1.29 is 73.6 Å². The van der Waals surface area contributed by atoms with Gasteiger partial charge in [-0.25, -0.2) is 28.7 Å². The van der Waals surface area contributed by atoms with Gasteiger partial charge in [-0.3, -0.25) is 14.3 Å². The first-order valence-electron chi connectivity index (χ1n) is 13.5. The van der Waals surface area contributed by atoms with E-state index in [4.69, 9.17) is 29.7 Å². The number of carbonyl (C=O) groups is 3. The molecule has 0 amide bonds. The molecule has 0 atom stereocenters. The van der Waals surface area contributed by atoms with Crippen LogP contribution in [-0.2, 0) is 20.9 Å². The molecule has 1 aliphatic rings. The lowest BCUT2D eigenvalue weighted by atomic mass is 10.1. The maximum Gasteiger partial charge on any atom is 0.490 e. The Bertz CT molecular complexity index is 1670. The van der Waals surface area contributed by atoms with Gasteiger partial charge in [0.15, 0.2) is 11.5 Å². The highest BCUT2D eigenvalue weighted by Gasteiger charge is 2.39. The van der Waals surface area contributed by atoms with E-state index < -0.39 is 36.4 Å². The van der Waals surface area contributed by atoms with Gasteiger partial charge in [0.25, 0.3) is 0 Å². The molecule has 0 bridgehead atoms. The standard InChI is InChI=1S/C22H21FN6.3C2HF3O2/c23-19-5-1-4-18(13-19)20-15-26-22-21(25-7-8-29(20)22)28-11-9-27(10-12-28)16-17-3-2-6-24-14-17;3*3-2(4,5)1(6)7/h1-8,13-15H,9-12,16H2;3*(H,6,7). The Hall–Kier alpha value is -5.54. The highest BCUT2D eigenvalue weighted by molar-refractivity contribution is 5.74. The van der Waals surface area contributed by atoms with E-state index in [1.54, 1.807) is 24.7 Å². The first-order valence-corrected chi connectivity index (χ1v) is 13.5. The maximum absolute atomic E-state index is 13.7. The van der Waals surface area contributed by atoms with Gasteiger partial charge >= 0.3 is 36.4 Å². The molecule has 272 valence electrons. The Labute approximate surface area is 273 Å². The lowest BCUT2D eigenvalue weighted by Gasteiger charge is -2.35. The van der Waals surface area contributed by atoms with Crippen molar-refractivity contribution in [2.45, 2.75) is 25.1 Å². The topological polar surface area (TPSA) is 161 Å². The summed E-state index contributed by atoms with van der Waals surface area (Å²) in [6.45, 7) is 4.58. The summed E-state index contributed by atoms with van der Waals surface area (Å²) >= 11 is 0. The molecular weight excluding hydrogens is 706 g/mol. The molecule has 22 heteroatoms. The van der Waals surface area contributed by atoms with Crippen molar-refractivity contribution in [3.8, 4) is 11.3 Å². The lowest BCUT2D eigenvalue weighted by Crippen LogP contribution is -2.46. The van der Waals surface area contributed by atoms with Crippen LogP contribution in [0.4, 0.5) is 49.7 Å². The summed E-state index contributed by atoms with van der Waals surface area (Å²) in [6, 6.07) is 10.7. The van der Waals surface area contributed by atoms with Gasteiger partial charge in [0, 0.05) is 63.1 Å². The number of benzene rings is 1. The molecule has 3 aromatic heterocycles. The number of imidazole rings is 1. The molecule has 12 nitrogen and oxygen atoms in total. The number of pyridine rings is 1. The zero-order valence-corrected chi connectivity index (χ0v) is 24.9. The second-order valence-electron chi connectivity index (χ2n) is 9.63. The first-order chi connectivity index (χ1) is 23.1. The Morgan fingerprint density at radius 2 is 1.26 bits per heavy atom. The largest absolute Gasteiger partial charge is 0.490 e. The number of fused-ring (bicyclic) bond motifs is 1. The van der Waals surface area contributed by atoms with Crippen molar-refractivity contribution in [2.24, 2.45) is 0 Å². The van der Waals surface area contributed by atoms with Gasteiger partial charge in [0.05, 0.1) is 11.9 Å². The van der Waals surface area contributed by atoms with Crippen LogP contribution in [0.25, 0.3) is 16.9 Å². The van der Waals surface area contributed by atoms with Crippen LogP contribution in [0.5, 0.6) is 0 Å². The Morgan fingerprint density at radius 3 is 1.72 bits per heavy atom. The Balaban J connectivity index is 0.000000338. The van der Waals surface area contributed by atoms with Crippen molar-refractivity contribution in [1.82, 2.24) is 24.3 Å². The minimum atomic E-state index is -5.08. The third kappa shape index (κ3) is 12.8. The Kier molecular flexibility index (Phi) is 14.0.